The fraction of sp³-hybridized carbons (Fsp3) is 0.778. The first kappa shape index (κ1) is 16.1. The third-order valence-corrected chi connectivity index (χ3v) is 4.23. The summed E-state index contributed by atoms with van der Waals surface area (Å²) in [6.45, 7) is 0. The standard InChI is InChI=1S/C9H18NO6P/c10-7(9(13)14)4-6-17(15,16)5-2-1-3-8(11)12/h7H,1-6,10H2,(H,11,12)(H,13,14)(H,15,16). The lowest BCUT2D eigenvalue weighted by atomic mass is 10.2. The van der Waals surface area contributed by atoms with E-state index in [1.165, 1.54) is 0 Å². The number of unbranched alkanes of at least 4 members (excludes halogenated alkanes) is 1. The van der Waals surface area contributed by atoms with E-state index in [4.69, 9.17) is 15.9 Å². The number of carbonyl (C=O) groups is 2. The lowest BCUT2D eigenvalue weighted by Crippen LogP contribution is -2.30. The van der Waals surface area contributed by atoms with Gasteiger partial charge in [-0.1, -0.05) is 0 Å². The molecule has 2 unspecified atom stereocenters. The summed E-state index contributed by atoms with van der Waals surface area (Å²) in [5.41, 5.74) is 5.21. The summed E-state index contributed by atoms with van der Waals surface area (Å²) in [4.78, 5) is 30.1. The van der Waals surface area contributed by atoms with Gasteiger partial charge in [-0.05, 0) is 19.3 Å². The molecule has 2 atom stereocenters. The third-order valence-electron chi connectivity index (χ3n) is 2.25. The van der Waals surface area contributed by atoms with Gasteiger partial charge >= 0.3 is 11.9 Å². The fourth-order valence-electron chi connectivity index (χ4n) is 1.21. The molecule has 0 aromatic rings. The summed E-state index contributed by atoms with van der Waals surface area (Å²) in [5, 5.41) is 16.9. The van der Waals surface area contributed by atoms with Crippen LogP contribution in [0, 0.1) is 0 Å². The van der Waals surface area contributed by atoms with Crippen LogP contribution >= 0.6 is 7.37 Å². The quantitative estimate of drug-likeness (QED) is 0.348. The zero-order chi connectivity index (χ0) is 13.5. The second kappa shape index (κ2) is 7.42. The lowest BCUT2D eigenvalue weighted by Gasteiger charge is -2.12. The van der Waals surface area contributed by atoms with Crippen LogP contribution in [0.4, 0.5) is 0 Å². The van der Waals surface area contributed by atoms with E-state index in [-0.39, 0.29) is 25.2 Å². The Hall–Kier alpha value is -0.910. The Morgan fingerprint density at radius 3 is 2.24 bits per heavy atom. The van der Waals surface area contributed by atoms with Crippen LogP contribution in [0.25, 0.3) is 0 Å². The molecular weight excluding hydrogens is 249 g/mol. The highest BCUT2D eigenvalue weighted by Gasteiger charge is 2.21. The van der Waals surface area contributed by atoms with Crippen LogP contribution in [0.5, 0.6) is 0 Å². The van der Waals surface area contributed by atoms with Crippen LogP contribution in [0.15, 0.2) is 0 Å². The SMILES string of the molecule is NC(CCP(=O)(O)CCCCC(=O)O)C(=O)O. The van der Waals surface area contributed by atoms with E-state index in [0.717, 1.165) is 0 Å². The van der Waals surface area contributed by atoms with Crippen molar-refractivity contribution in [2.24, 2.45) is 5.73 Å². The minimum atomic E-state index is -3.38. The van der Waals surface area contributed by atoms with Gasteiger partial charge in [-0.25, -0.2) is 0 Å². The molecule has 8 heteroatoms. The molecule has 0 aliphatic heterocycles. The number of carboxylic acids is 2. The van der Waals surface area contributed by atoms with Crippen LogP contribution < -0.4 is 5.73 Å². The molecule has 100 valence electrons. The molecule has 5 N–H and O–H groups in total. The Kier molecular flexibility index (Phi) is 7.03. The molecule has 0 amide bonds. The van der Waals surface area contributed by atoms with Gasteiger partial charge in [-0.2, -0.15) is 0 Å². The molecule has 0 aromatic heterocycles. The van der Waals surface area contributed by atoms with Gasteiger partial charge in [0.1, 0.15) is 6.04 Å². The molecule has 0 aliphatic carbocycles. The van der Waals surface area contributed by atoms with Gasteiger partial charge in [0.15, 0.2) is 0 Å². The summed E-state index contributed by atoms with van der Waals surface area (Å²) >= 11 is 0. The second-order valence-electron chi connectivity index (χ2n) is 3.88. The lowest BCUT2D eigenvalue weighted by molar-refractivity contribution is -0.139. The maximum Gasteiger partial charge on any atom is 0.320 e. The predicted molar refractivity (Wildman–Crippen MR) is 61.3 cm³/mol. The molecule has 7 nitrogen and oxygen atoms in total. The van der Waals surface area contributed by atoms with Crippen molar-refractivity contribution >= 4 is 19.3 Å². The van der Waals surface area contributed by atoms with E-state index in [9.17, 15) is 19.0 Å². The first-order valence-electron chi connectivity index (χ1n) is 5.25. The topological polar surface area (TPSA) is 138 Å². The largest absolute Gasteiger partial charge is 0.481 e. The molecule has 0 saturated carbocycles. The number of hydrogen-bond donors (Lipinski definition) is 4. The minimum absolute atomic E-state index is 0.00657. The van der Waals surface area contributed by atoms with E-state index in [1.807, 2.05) is 0 Å². The van der Waals surface area contributed by atoms with Crippen LogP contribution in [0.3, 0.4) is 0 Å². The van der Waals surface area contributed by atoms with Crippen LogP contribution in [0.1, 0.15) is 25.7 Å². The van der Waals surface area contributed by atoms with E-state index >= 15 is 0 Å². The molecule has 17 heavy (non-hydrogen) atoms. The van der Waals surface area contributed by atoms with E-state index in [1.54, 1.807) is 0 Å². The van der Waals surface area contributed by atoms with Crippen molar-refractivity contribution in [2.75, 3.05) is 12.3 Å². The highest BCUT2D eigenvalue weighted by molar-refractivity contribution is 7.57. The Morgan fingerprint density at radius 2 is 1.76 bits per heavy atom. The number of hydrogen-bond acceptors (Lipinski definition) is 4. The fourth-order valence-corrected chi connectivity index (χ4v) is 2.83. The van der Waals surface area contributed by atoms with Crippen molar-refractivity contribution in [2.45, 2.75) is 31.7 Å². The molecule has 0 fully saturated rings. The number of aliphatic carboxylic acids is 2. The Balaban J connectivity index is 3.84. The zero-order valence-electron chi connectivity index (χ0n) is 9.41. The van der Waals surface area contributed by atoms with E-state index < -0.39 is 25.3 Å². The molecule has 0 aromatic carbocycles. The summed E-state index contributed by atoms with van der Waals surface area (Å²) in [7, 11) is -3.38. The molecule has 0 heterocycles. The summed E-state index contributed by atoms with van der Waals surface area (Å²) in [6.07, 6.45) is 0.449. The van der Waals surface area contributed by atoms with Gasteiger partial charge in [0, 0.05) is 18.7 Å². The monoisotopic (exact) mass is 267 g/mol. The smallest absolute Gasteiger partial charge is 0.320 e. The average molecular weight is 267 g/mol. The highest BCUT2D eigenvalue weighted by Crippen LogP contribution is 2.42. The summed E-state index contributed by atoms with van der Waals surface area (Å²) < 4.78 is 11.5. The Morgan fingerprint density at radius 1 is 1.18 bits per heavy atom. The van der Waals surface area contributed by atoms with E-state index in [2.05, 4.69) is 0 Å². The number of rotatable bonds is 9. The van der Waals surface area contributed by atoms with Crippen molar-refractivity contribution in [3.05, 3.63) is 0 Å². The van der Waals surface area contributed by atoms with Crippen molar-refractivity contribution in [1.82, 2.24) is 0 Å². The van der Waals surface area contributed by atoms with Crippen molar-refractivity contribution in [3.63, 3.8) is 0 Å². The molecule has 0 aliphatic rings. The van der Waals surface area contributed by atoms with Gasteiger partial charge < -0.3 is 20.8 Å². The maximum atomic E-state index is 11.5. The van der Waals surface area contributed by atoms with Gasteiger partial charge in [0.2, 0.25) is 7.37 Å². The van der Waals surface area contributed by atoms with Crippen LogP contribution in [-0.2, 0) is 14.2 Å². The maximum absolute atomic E-state index is 11.5. The van der Waals surface area contributed by atoms with Gasteiger partial charge in [0.25, 0.3) is 0 Å². The van der Waals surface area contributed by atoms with Gasteiger partial charge in [-0.3, -0.25) is 14.2 Å². The highest BCUT2D eigenvalue weighted by atomic mass is 31.2. The Bertz CT molecular complexity index is 319. The van der Waals surface area contributed by atoms with Gasteiger partial charge in [-0.15, -0.1) is 0 Å². The van der Waals surface area contributed by atoms with Crippen molar-refractivity contribution in [3.8, 4) is 0 Å². The molecule has 0 saturated heterocycles. The molecule has 0 bridgehead atoms. The molecular formula is C9H18NO6P. The second-order valence-corrected chi connectivity index (χ2v) is 6.46. The summed E-state index contributed by atoms with van der Waals surface area (Å²) in [6, 6.07) is -1.13. The first-order valence-corrected chi connectivity index (χ1v) is 7.28. The summed E-state index contributed by atoms with van der Waals surface area (Å²) in [5.74, 6) is -2.14. The first-order chi connectivity index (χ1) is 7.74. The van der Waals surface area contributed by atoms with Gasteiger partial charge in [0.05, 0.1) is 0 Å². The average Bonchev–Trinajstić information content (AvgIpc) is 2.21. The third kappa shape index (κ3) is 8.85. The normalized spacial score (nSPS) is 16.1. The van der Waals surface area contributed by atoms with Crippen LogP contribution in [-0.4, -0.2) is 45.4 Å². The minimum Gasteiger partial charge on any atom is -0.481 e. The predicted octanol–water partition coefficient (Wildman–Crippen LogP) is 0.314. The zero-order valence-corrected chi connectivity index (χ0v) is 10.3. The molecule has 0 rings (SSSR count). The van der Waals surface area contributed by atoms with Crippen molar-refractivity contribution < 1.29 is 29.3 Å². The molecule has 0 radical (unpaired) electrons. The van der Waals surface area contributed by atoms with Crippen molar-refractivity contribution in [1.29, 1.82) is 0 Å². The van der Waals surface area contributed by atoms with Crippen LogP contribution in [0.2, 0.25) is 0 Å². The number of nitrogens with two attached hydrogens (primary N) is 1. The molecule has 0 spiro atoms. The Labute approximate surface area is 99.1 Å². The number of carboxylic acid groups (broad SMARTS) is 2. The van der Waals surface area contributed by atoms with E-state index in [0.29, 0.717) is 12.8 Å².